The van der Waals surface area contributed by atoms with E-state index in [1.54, 1.807) is 14.2 Å². The minimum atomic E-state index is 0.629. The lowest BCUT2D eigenvalue weighted by atomic mass is 9.92. The van der Waals surface area contributed by atoms with Crippen molar-refractivity contribution in [1.82, 2.24) is 9.97 Å². The second-order valence-corrected chi connectivity index (χ2v) is 7.54. The van der Waals surface area contributed by atoms with Crippen LogP contribution in [0.5, 0.6) is 0 Å². The van der Waals surface area contributed by atoms with Gasteiger partial charge in [-0.05, 0) is 50.5 Å². The number of para-hydroxylation sites is 1. The summed E-state index contributed by atoms with van der Waals surface area (Å²) in [4.78, 5) is 11.9. The van der Waals surface area contributed by atoms with E-state index in [-0.39, 0.29) is 0 Å². The summed E-state index contributed by atoms with van der Waals surface area (Å²) in [5.74, 6) is 1.70. The van der Waals surface area contributed by atoms with Crippen LogP contribution in [0.25, 0.3) is 22.0 Å². The number of ether oxygens (including phenoxy) is 2. The van der Waals surface area contributed by atoms with Gasteiger partial charge in [0.25, 0.3) is 0 Å². The van der Waals surface area contributed by atoms with E-state index in [0.717, 1.165) is 41.2 Å². The number of anilines is 1. The number of aromatic nitrogens is 2. The number of aryl methyl sites for hydroxylation is 4. The van der Waals surface area contributed by atoms with Crippen LogP contribution in [0.4, 0.5) is 5.82 Å². The fraction of sp³-hybridized carbons (Fsp3) is 0.417. The molecule has 1 heterocycles. The van der Waals surface area contributed by atoms with Crippen molar-refractivity contribution in [2.75, 3.05) is 45.4 Å². The summed E-state index contributed by atoms with van der Waals surface area (Å²) in [6.45, 7) is 11.2. The van der Waals surface area contributed by atoms with E-state index in [1.165, 1.54) is 22.3 Å². The third-order valence-electron chi connectivity index (χ3n) is 5.19. The number of rotatable bonds is 8. The van der Waals surface area contributed by atoms with E-state index >= 15 is 0 Å². The average Bonchev–Trinajstić information content (AvgIpc) is 2.67. The van der Waals surface area contributed by atoms with Gasteiger partial charge in [-0.15, -0.1) is 0 Å². The minimum absolute atomic E-state index is 0.629. The largest absolute Gasteiger partial charge is 0.383 e. The van der Waals surface area contributed by atoms with Crippen molar-refractivity contribution >= 4 is 16.7 Å². The van der Waals surface area contributed by atoms with Crippen LogP contribution in [0.1, 0.15) is 22.5 Å². The number of benzene rings is 2. The average molecular weight is 394 g/mol. The van der Waals surface area contributed by atoms with Crippen LogP contribution < -0.4 is 4.90 Å². The maximum Gasteiger partial charge on any atom is 0.140 e. The number of methoxy groups -OCH3 is 2. The van der Waals surface area contributed by atoms with Gasteiger partial charge in [-0.2, -0.15) is 0 Å². The highest BCUT2D eigenvalue weighted by molar-refractivity contribution is 6.00. The molecule has 154 valence electrons. The predicted octanol–water partition coefficient (Wildman–Crippen LogP) is 4.63. The molecule has 0 aliphatic heterocycles. The number of hydrogen-bond donors (Lipinski definition) is 0. The Morgan fingerprint density at radius 1 is 0.862 bits per heavy atom. The molecule has 5 nitrogen and oxygen atoms in total. The van der Waals surface area contributed by atoms with Crippen molar-refractivity contribution in [3.8, 4) is 11.1 Å². The van der Waals surface area contributed by atoms with Crippen LogP contribution in [-0.2, 0) is 9.47 Å². The van der Waals surface area contributed by atoms with Crippen molar-refractivity contribution < 1.29 is 9.47 Å². The second kappa shape index (κ2) is 9.33. The molecule has 0 unspecified atom stereocenters. The smallest absolute Gasteiger partial charge is 0.140 e. The Morgan fingerprint density at radius 3 is 2.07 bits per heavy atom. The molecular weight excluding hydrogens is 362 g/mol. The van der Waals surface area contributed by atoms with E-state index in [0.29, 0.717) is 13.2 Å². The van der Waals surface area contributed by atoms with Crippen molar-refractivity contribution in [2.24, 2.45) is 0 Å². The highest BCUT2D eigenvalue weighted by Gasteiger charge is 2.18. The van der Waals surface area contributed by atoms with Gasteiger partial charge in [0, 0.05) is 38.3 Å². The highest BCUT2D eigenvalue weighted by Crippen LogP contribution is 2.35. The van der Waals surface area contributed by atoms with Gasteiger partial charge in [0.1, 0.15) is 11.6 Å². The lowest BCUT2D eigenvalue weighted by molar-refractivity contribution is 0.190. The van der Waals surface area contributed by atoms with E-state index in [2.05, 4.69) is 56.0 Å². The van der Waals surface area contributed by atoms with Gasteiger partial charge in [0.05, 0.1) is 18.7 Å². The first kappa shape index (κ1) is 21.2. The molecule has 0 bridgehead atoms. The maximum atomic E-state index is 5.33. The first-order valence-electron chi connectivity index (χ1n) is 10.0. The highest BCUT2D eigenvalue weighted by atomic mass is 16.5. The topological polar surface area (TPSA) is 47.5 Å². The van der Waals surface area contributed by atoms with Gasteiger partial charge in [-0.1, -0.05) is 29.8 Å². The number of hydrogen-bond acceptors (Lipinski definition) is 5. The summed E-state index contributed by atoms with van der Waals surface area (Å²) >= 11 is 0. The maximum absolute atomic E-state index is 5.33. The molecule has 29 heavy (non-hydrogen) atoms. The third-order valence-corrected chi connectivity index (χ3v) is 5.19. The fourth-order valence-corrected chi connectivity index (χ4v) is 4.02. The van der Waals surface area contributed by atoms with Gasteiger partial charge in [-0.25, -0.2) is 9.97 Å². The molecule has 0 spiro atoms. The molecule has 0 amide bonds. The first-order valence-corrected chi connectivity index (χ1v) is 10.0. The second-order valence-electron chi connectivity index (χ2n) is 7.54. The van der Waals surface area contributed by atoms with Crippen LogP contribution >= 0.6 is 0 Å². The van der Waals surface area contributed by atoms with Crippen LogP contribution in [0.15, 0.2) is 30.3 Å². The lowest BCUT2D eigenvalue weighted by Gasteiger charge is -2.25. The van der Waals surface area contributed by atoms with E-state index in [9.17, 15) is 0 Å². The Labute approximate surface area is 173 Å². The monoisotopic (exact) mass is 393 g/mol. The summed E-state index contributed by atoms with van der Waals surface area (Å²) < 4.78 is 10.7. The molecule has 0 fully saturated rings. The summed E-state index contributed by atoms with van der Waals surface area (Å²) in [5.41, 5.74) is 7.21. The zero-order chi connectivity index (χ0) is 21.0. The normalized spacial score (nSPS) is 11.2. The van der Waals surface area contributed by atoms with Crippen LogP contribution in [0.2, 0.25) is 0 Å². The molecule has 0 aliphatic carbocycles. The minimum Gasteiger partial charge on any atom is -0.383 e. The third kappa shape index (κ3) is 4.57. The number of nitrogens with zero attached hydrogens (tertiary/aromatic N) is 3. The molecule has 0 saturated heterocycles. The summed E-state index contributed by atoms with van der Waals surface area (Å²) in [6.07, 6.45) is 0. The molecule has 1 aromatic heterocycles. The lowest BCUT2D eigenvalue weighted by Crippen LogP contribution is -2.31. The van der Waals surface area contributed by atoms with Crippen molar-refractivity contribution in [1.29, 1.82) is 0 Å². The summed E-state index contributed by atoms with van der Waals surface area (Å²) in [7, 11) is 3.44. The molecule has 0 N–H and O–H groups in total. The van der Waals surface area contributed by atoms with Crippen LogP contribution in [0, 0.1) is 27.7 Å². The Balaban J connectivity index is 2.22. The van der Waals surface area contributed by atoms with Crippen LogP contribution in [0.3, 0.4) is 0 Å². The molecule has 2 aromatic carbocycles. The number of fused-ring (bicyclic) bond motifs is 1. The Morgan fingerprint density at radius 2 is 1.48 bits per heavy atom. The molecule has 0 aliphatic rings. The van der Waals surface area contributed by atoms with Crippen molar-refractivity contribution in [3.63, 3.8) is 0 Å². The van der Waals surface area contributed by atoms with Gasteiger partial charge in [-0.3, -0.25) is 0 Å². The van der Waals surface area contributed by atoms with Crippen LogP contribution in [-0.4, -0.2) is 50.5 Å². The zero-order valence-corrected chi connectivity index (χ0v) is 18.4. The van der Waals surface area contributed by atoms with Crippen molar-refractivity contribution in [2.45, 2.75) is 27.7 Å². The van der Waals surface area contributed by atoms with Gasteiger partial charge in [0.2, 0.25) is 0 Å². The van der Waals surface area contributed by atoms with Gasteiger partial charge in [0.15, 0.2) is 0 Å². The molecule has 0 saturated carbocycles. The molecule has 3 rings (SSSR count). The Kier molecular flexibility index (Phi) is 6.83. The summed E-state index contributed by atoms with van der Waals surface area (Å²) in [6, 6.07) is 10.8. The molecule has 0 radical (unpaired) electrons. The molecule has 5 heteroatoms. The predicted molar refractivity (Wildman–Crippen MR) is 120 cm³/mol. The van der Waals surface area contributed by atoms with E-state index in [4.69, 9.17) is 19.4 Å². The van der Waals surface area contributed by atoms with Gasteiger partial charge >= 0.3 is 0 Å². The zero-order valence-electron chi connectivity index (χ0n) is 18.4. The van der Waals surface area contributed by atoms with Gasteiger partial charge < -0.3 is 14.4 Å². The van der Waals surface area contributed by atoms with Crippen molar-refractivity contribution in [3.05, 3.63) is 52.8 Å². The Hall–Kier alpha value is -2.50. The molecular formula is C24H31N3O2. The standard InChI is InChI=1S/C24H31N3O2/c1-16-14-17(2)22(18(3)15-16)20-8-7-9-21-23(20)25-19(4)26-24(21)27(10-12-28-5)11-13-29-6/h7-9,14-15H,10-13H2,1-6H3. The quantitative estimate of drug-likeness (QED) is 0.558. The molecule has 3 aromatic rings. The molecule has 0 atom stereocenters. The van der Waals surface area contributed by atoms with E-state index < -0.39 is 0 Å². The van der Waals surface area contributed by atoms with E-state index in [1.807, 2.05) is 6.92 Å². The summed E-state index contributed by atoms with van der Waals surface area (Å²) in [5, 5.41) is 1.06. The Bertz CT molecular complexity index is 970. The first-order chi connectivity index (χ1) is 14.0. The fourth-order valence-electron chi connectivity index (χ4n) is 4.02. The SMILES string of the molecule is COCCN(CCOC)c1nc(C)nc2c(-c3c(C)cc(C)cc3C)cccc12.